The van der Waals surface area contributed by atoms with Gasteiger partial charge in [0, 0.05) is 0 Å². The Hall–Kier alpha value is -4.56. The number of rotatable bonds is 8. The Bertz CT molecular complexity index is 1840. The number of nitrogens with zero attached hydrogens (tertiary/aromatic N) is 1. The summed E-state index contributed by atoms with van der Waals surface area (Å²) in [4.78, 5) is 0. The van der Waals surface area contributed by atoms with Crippen LogP contribution in [0.3, 0.4) is 0 Å². The second-order valence-corrected chi connectivity index (χ2v) is 10.6. The summed E-state index contributed by atoms with van der Waals surface area (Å²) < 4.78 is 298. The van der Waals surface area contributed by atoms with Crippen molar-refractivity contribution in [3.63, 3.8) is 0 Å². The van der Waals surface area contributed by atoms with Gasteiger partial charge in [0.1, 0.15) is 12.0 Å². The highest BCUT2D eigenvalue weighted by atomic mass is 19.2. The molecular formula is C30H12F20N+. The SMILES string of the molecule is CC[N+](CC)(CC(c1c(F)c(F)c(F)c(F)c1F)(c1c(F)c(F)c(F)c(F)c1F)c1c(F)c(F)c(F)c(F)c1F)c1c(F)c(F)c(F)c(F)c1F. The second-order valence-electron chi connectivity index (χ2n) is 10.6. The van der Waals surface area contributed by atoms with Crippen LogP contribution in [0.2, 0.25) is 0 Å². The molecule has 0 aliphatic rings. The minimum atomic E-state index is -5.29. The monoisotopic (exact) mass is 766 g/mol. The van der Waals surface area contributed by atoms with Gasteiger partial charge in [0.15, 0.2) is 69.8 Å². The average Bonchev–Trinajstić information content (AvgIpc) is 3.10. The zero-order valence-corrected chi connectivity index (χ0v) is 24.6. The van der Waals surface area contributed by atoms with Gasteiger partial charge in [0.2, 0.25) is 52.2 Å². The van der Waals surface area contributed by atoms with Crippen LogP contribution >= 0.6 is 0 Å². The third-order valence-electron chi connectivity index (χ3n) is 8.32. The number of likely N-dealkylation sites (N-methyl/N-ethyl adjacent to an activating group) is 1. The summed E-state index contributed by atoms with van der Waals surface area (Å²) in [7, 11) is 0. The molecule has 0 saturated heterocycles. The lowest BCUT2D eigenvalue weighted by Crippen LogP contribution is -2.60. The van der Waals surface area contributed by atoms with Crippen LogP contribution in [0.15, 0.2) is 0 Å². The van der Waals surface area contributed by atoms with E-state index in [0.717, 1.165) is 0 Å². The molecule has 0 fully saturated rings. The van der Waals surface area contributed by atoms with Gasteiger partial charge in [-0.25, -0.2) is 79.0 Å². The van der Waals surface area contributed by atoms with E-state index >= 15 is 35.1 Å². The van der Waals surface area contributed by atoms with E-state index in [1.165, 1.54) is 0 Å². The van der Waals surface area contributed by atoms with Crippen molar-refractivity contribution < 1.29 is 87.8 Å². The summed E-state index contributed by atoms with van der Waals surface area (Å²) >= 11 is 0. The summed E-state index contributed by atoms with van der Waals surface area (Å²) in [6, 6.07) is 0. The summed E-state index contributed by atoms with van der Waals surface area (Å²) in [6.07, 6.45) is 0. The van der Waals surface area contributed by atoms with Crippen molar-refractivity contribution in [1.29, 1.82) is 0 Å². The first-order valence-corrected chi connectivity index (χ1v) is 13.5. The van der Waals surface area contributed by atoms with Gasteiger partial charge in [-0.05, 0) is 13.8 Å². The highest BCUT2D eigenvalue weighted by Gasteiger charge is 2.59. The highest BCUT2D eigenvalue weighted by molar-refractivity contribution is 5.58. The van der Waals surface area contributed by atoms with E-state index in [2.05, 4.69) is 0 Å². The Labute approximate surface area is 270 Å². The Morgan fingerprint density at radius 2 is 0.471 bits per heavy atom. The van der Waals surface area contributed by atoms with E-state index in [-0.39, 0.29) is 0 Å². The van der Waals surface area contributed by atoms with E-state index in [1.807, 2.05) is 0 Å². The maximum Gasteiger partial charge on any atom is 0.225 e. The summed E-state index contributed by atoms with van der Waals surface area (Å²) in [5.74, 6) is -64.9. The molecule has 0 atom stereocenters. The molecule has 0 radical (unpaired) electrons. The van der Waals surface area contributed by atoms with Gasteiger partial charge in [-0.3, -0.25) is 4.48 Å². The van der Waals surface area contributed by atoms with Crippen molar-refractivity contribution in [2.45, 2.75) is 19.3 Å². The summed E-state index contributed by atoms with van der Waals surface area (Å²) in [5.41, 5.74) is -17.1. The number of halogens is 20. The van der Waals surface area contributed by atoms with Gasteiger partial charge < -0.3 is 0 Å². The Kier molecular flexibility index (Phi) is 10.2. The minimum Gasteiger partial charge on any atom is -0.285 e. The maximum atomic E-state index is 15.8. The molecule has 0 spiro atoms. The highest BCUT2D eigenvalue weighted by Crippen LogP contribution is 2.52. The lowest BCUT2D eigenvalue weighted by Gasteiger charge is -2.46. The van der Waals surface area contributed by atoms with E-state index in [9.17, 15) is 52.7 Å². The van der Waals surface area contributed by atoms with Crippen molar-refractivity contribution in [2.75, 3.05) is 19.6 Å². The van der Waals surface area contributed by atoms with Crippen LogP contribution in [-0.4, -0.2) is 19.6 Å². The number of hydrogen-bond donors (Lipinski definition) is 0. The van der Waals surface area contributed by atoms with Crippen LogP contribution in [-0.2, 0) is 5.41 Å². The molecule has 0 heterocycles. The van der Waals surface area contributed by atoms with E-state index in [0.29, 0.717) is 13.8 Å². The molecule has 0 N–H and O–H groups in total. The zero-order chi connectivity index (χ0) is 39.0. The first kappa shape index (κ1) is 39.2. The molecule has 0 saturated carbocycles. The fraction of sp³-hybridized carbons (Fsp3) is 0.200. The predicted molar refractivity (Wildman–Crippen MR) is 133 cm³/mol. The fourth-order valence-corrected chi connectivity index (χ4v) is 5.86. The molecule has 0 aliphatic carbocycles. The first-order chi connectivity index (χ1) is 23.5. The molecule has 0 unspecified atom stereocenters. The van der Waals surface area contributed by atoms with Crippen molar-refractivity contribution >= 4 is 5.69 Å². The molecule has 0 bridgehead atoms. The van der Waals surface area contributed by atoms with Gasteiger partial charge in [-0.1, -0.05) is 0 Å². The van der Waals surface area contributed by atoms with Crippen molar-refractivity contribution in [3.8, 4) is 0 Å². The van der Waals surface area contributed by atoms with Crippen molar-refractivity contribution in [3.05, 3.63) is 133 Å². The molecular weight excluding hydrogens is 754 g/mol. The Balaban J connectivity index is 2.56. The van der Waals surface area contributed by atoms with Crippen LogP contribution < -0.4 is 4.48 Å². The minimum absolute atomic E-state index is 0.599. The summed E-state index contributed by atoms with van der Waals surface area (Å²) in [5, 5.41) is 0. The topological polar surface area (TPSA) is 0 Å². The Morgan fingerprint density at radius 3 is 0.667 bits per heavy atom. The van der Waals surface area contributed by atoms with Gasteiger partial charge in [-0.15, -0.1) is 0 Å². The molecule has 1 nitrogen and oxygen atoms in total. The average molecular weight is 766 g/mol. The van der Waals surface area contributed by atoms with Crippen molar-refractivity contribution in [1.82, 2.24) is 4.48 Å². The van der Waals surface area contributed by atoms with Gasteiger partial charge in [0.25, 0.3) is 0 Å². The van der Waals surface area contributed by atoms with E-state index in [1.54, 1.807) is 0 Å². The first-order valence-electron chi connectivity index (χ1n) is 13.5. The standard InChI is InChI=1S/C30H12F20N/c1-3-51(4-2,29-27(49)25(47)24(46)26(48)28(29)50)5-30(6-9(31)15(37)21(43)16(38)10(6)32,7-11(33)17(39)22(44)18(40)12(7)34)8-13(35)19(41)23(45)20(42)14(8)36/h3-5H2,1-2H3/q+1. The van der Waals surface area contributed by atoms with E-state index in [4.69, 9.17) is 0 Å². The summed E-state index contributed by atoms with van der Waals surface area (Å²) in [6.45, 7) is -4.45. The lowest BCUT2D eigenvalue weighted by atomic mass is 9.66. The zero-order valence-electron chi connectivity index (χ0n) is 24.6. The van der Waals surface area contributed by atoms with Crippen LogP contribution in [0.5, 0.6) is 0 Å². The third-order valence-corrected chi connectivity index (χ3v) is 8.32. The molecule has 0 amide bonds. The van der Waals surface area contributed by atoms with Crippen LogP contribution in [0.4, 0.5) is 93.5 Å². The quantitative estimate of drug-likeness (QED) is 0.0551. The molecule has 4 rings (SSSR count). The number of benzene rings is 4. The Morgan fingerprint density at radius 1 is 0.294 bits per heavy atom. The number of hydrogen-bond acceptors (Lipinski definition) is 0. The normalized spacial score (nSPS) is 12.4. The molecule has 276 valence electrons. The predicted octanol–water partition coefficient (Wildman–Crippen LogP) is 9.85. The fourth-order valence-electron chi connectivity index (χ4n) is 5.86. The smallest absolute Gasteiger partial charge is 0.225 e. The van der Waals surface area contributed by atoms with Crippen LogP contribution in [0.1, 0.15) is 30.5 Å². The lowest BCUT2D eigenvalue weighted by molar-refractivity contribution is 0.216. The largest absolute Gasteiger partial charge is 0.285 e. The van der Waals surface area contributed by atoms with Crippen LogP contribution in [0.25, 0.3) is 0 Å². The molecule has 21 heteroatoms. The maximum absolute atomic E-state index is 15.8. The van der Waals surface area contributed by atoms with E-state index < -0.39 is 168 Å². The third kappa shape index (κ3) is 5.28. The second kappa shape index (κ2) is 13.2. The molecule has 0 aliphatic heterocycles. The van der Waals surface area contributed by atoms with Gasteiger partial charge in [0.05, 0.1) is 29.8 Å². The molecule has 4 aromatic rings. The van der Waals surface area contributed by atoms with Gasteiger partial charge in [-0.2, -0.15) is 8.78 Å². The van der Waals surface area contributed by atoms with Gasteiger partial charge >= 0.3 is 0 Å². The molecule has 51 heavy (non-hydrogen) atoms. The van der Waals surface area contributed by atoms with Crippen LogP contribution in [0, 0.1) is 116 Å². The molecule has 4 aromatic carbocycles. The molecule has 0 aromatic heterocycles. The van der Waals surface area contributed by atoms with Crippen molar-refractivity contribution in [2.24, 2.45) is 0 Å². The number of quaternary nitrogens is 1.